The average Bonchev–Trinajstić information content (AvgIpc) is 2.60. The van der Waals surface area contributed by atoms with Gasteiger partial charge in [0.05, 0.1) is 0 Å². The van der Waals surface area contributed by atoms with Gasteiger partial charge in [-0.2, -0.15) is 0 Å². The van der Waals surface area contributed by atoms with Crippen molar-refractivity contribution in [2.75, 3.05) is 5.32 Å². The van der Waals surface area contributed by atoms with Crippen molar-refractivity contribution in [1.82, 2.24) is 16.2 Å². The van der Waals surface area contributed by atoms with Crippen LogP contribution in [-0.2, 0) is 0 Å². The van der Waals surface area contributed by atoms with Crippen molar-refractivity contribution in [3.63, 3.8) is 0 Å². The summed E-state index contributed by atoms with van der Waals surface area (Å²) in [7, 11) is 0. The van der Waals surface area contributed by atoms with Gasteiger partial charge in [-0.3, -0.25) is 20.4 Å². The molecule has 0 bridgehead atoms. The highest BCUT2D eigenvalue weighted by Crippen LogP contribution is 2.09. The summed E-state index contributed by atoms with van der Waals surface area (Å²) in [6, 6.07) is 14.6. The van der Waals surface area contributed by atoms with Crippen LogP contribution in [0, 0.1) is 0 Å². The molecule has 0 heterocycles. The summed E-state index contributed by atoms with van der Waals surface area (Å²) in [6.45, 7) is 3.72. The second-order valence-corrected chi connectivity index (χ2v) is 5.60. The molecule has 2 aromatic carbocycles. The SMILES string of the molecule is CC(C)NC(=O)Nc1ccc(C(=O)NNC(=O)c2ccccc2)cc1. The van der Waals surface area contributed by atoms with E-state index in [1.807, 2.05) is 13.8 Å². The predicted molar refractivity (Wildman–Crippen MR) is 95.1 cm³/mol. The number of amides is 4. The molecule has 0 saturated heterocycles. The fraction of sp³-hybridized carbons (Fsp3) is 0.167. The summed E-state index contributed by atoms with van der Waals surface area (Å²) in [5.74, 6) is -0.861. The third-order valence-electron chi connectivity index (χ3n) is 3.15. The molecule has 0 unspecified atom stereocenters. The zero-order valence-corrected chi connectivity index (χ0v) is 14.0. The number of rotatable bonds is 4. The largest absolute Gasteiger partial charge is 0.336 e. The third-order valence-corrected chi connectivity index (χ3v) is 3.15. The molecular weight excluding hydrogens is 320 g/mol. The molecule has 4 amide bonds. The zero-order chi connectivity index (χ0) is 18.2. The van der Waals surface area contributed by atoms with E-state index in [1.165, 1.54) is 0 Å². The van der Waals surface area contributed by atoms with E-state index in [9.17, 15) is 14.4 Å². The van der Waals surface area contributed by atoms with Gasteiger partial charge in [-0.05, 0) is 50.2 Å². The number of hydrogen-bond acceptors (Lipinski definition) is 3. The molecule has 0 spiro atoms. The molecule has 25 heavy (non-hydrogen) atoms. The fourth-order valence-corrected chi connectivity index (χ4v) is 1.98. The van der Waals surface area contributed by atoms with Crippen molar-refractivity contribution in [2.45, 2.75) is 19.9 Å². The minimum absolute atomic E-state index is 0.0262. The Kier molecular flexibility index (Phi) is 6.11. The standard InChI is InChI=1S/C18H20N4O3/c1-12(2)19-18(25)20-15-10-8-14(9-11-15)17(24)22-21-16(23)13-6-4-3-5-7-13/h3-12H,1-2H3,(H,21,23)(H,22,24)(H2,19,20,25). The highest BCUT2D eigenvalue weighted by molar-refractivity contribution is 5.99. The Labute approximate surface area is 145 Å². The molecule has 0 fully saturated rings. The second kappa shape index (κ2) is 8.49. The van der Waals surface area contributed by atoms with Crippen LogP contribution in [0.5, 0.6) is 0 Å². The molecule has 0 aliphatic rings. The van der Waals surface area contributed by atoms with E-state index in [1.54, 1.807) is 54.6 Å². The lowest BCUT2D eigenvalue weighted by Gasteiger charge is -2.11. The Bertz CT molecular complexity index is 743. The molecule has 0 aliphatic heterocycles. The average molecular weight is 340 g/mol. The van der Waals surface area contributed by atoms with Crippen molar-refractivity contribution >= 4 is 23.5 Å². The lowest BCUT2D eigenvalue weighted by molar-refractivity contribution is 0.0846. The first-order valence-electron chi connectivity index (χ1n) is 7.79. The van der Waals surface area contributed by atoms with Gasteiger partial charge in [-0.1, -0.05) is 18.2 Å². The predicted octanol–water partition coefficient (Wildman–Crippen LogP) is 2.29. The van der Waals surface area contributed by atoms with Gasteiger partial charge in [0.2, 0.25) is 0 Å². The van der Waals surface area contributed by atoms with Crippen LogP contribution in [0.4, 0.5) is 10.5 Å². The van der Waals surface area contributed by atoms with Gasteiger partial charge >= 0.3 is 6.03 Å². The highest BCUT2D eigenvalue weighted by Gasteiger charge is 2.09. The number of carbonyl (C=O) groups is 3. The quantitative estimate of drug-likeness (QED) is 0.643. The number of hydrogen-bond donors (Lipinski definition) is 4. The van der Waals surface area contributed by atoms with Crippen LogP contribution in [-0.4, -0.2) is 23.9 Å². The van der Waals surface area contributed by atoms with E-state index < -0.39 is 11.8 Å². The lowest BCUT2D eigenvalue weighted by Crippen LogP contribution is -2.41. The number of anilines is 1. The molecule has 4 N–H and O–H groups in total. The van der Waals surface area contributed by atoms with Crippen molar-refractivity contribution in [2.24, 2.45) is 0 Å². The molecule has 0 saturated carbocycles. The summed E-state index contributed by atoms with van der Waals surface area (Å²) >= 11 is 0. The minimum atomic E-state index is -0.456. The normalized spacial score (nSPS) is 10.0. The number of nitrogens with one attached hydrogen (secondary N) is 4. The van der Waals surface area contributed by atoms with Crippen LogP contribution in [0.1, 0.15) is 34.6 Å². The summed E-state index contributed by atoms with van der Waals surface area (Å²) in [5.41, 5.74) is 6.04. The van der Waals surface area contributed by atoms with E-state index in [2.05, 4.69) is 21.5 Å². The van der Waals surface area contributed by atoms with Gasteiger partial charge in [0.15, 0.2) is 0 Å². The van der Waals surface area contributed by atoms with Gasteiger partial charge < -0.3 is 10.6 Å². The molecule has 0 radical (unpaired) electrons. The van der Waals surface area contributed by atoms with Gasteiger partial charge in [0, 0.05) is 22.9 Å². The number of benzene rings is 2. The first-order chi connectivity index (χ1) is 12.0. The van der Waals surface area contributed by atoms with Crippen molar-refractivity contribution in [3.8, 4) is 0 Å². The number of carbonyl (C=O) groups excluding carboxylic acids is 3. The molecule has 2 rings (SSSR count). The van der Waals surface area contributed by atoms with Crippen LogP contribution >= 0.6 is 0 Å². The summed E-state index contributed by atoms with van der Waals surface area (Å²) < 4.78 is 0. The maximum absolute atomic E-state index is 12.0. The van der Waals surface area contributed by atoms with Gasteiger partial charge in [-0.25, -0.2) is 4.79 Å². The Hall–Kier alpha value is -3.35. The Morgan fingerprint density at radius 2 is 1.28 bits per heavy atom. The molecule has 2 aromatic rings. The van der Waals surface area contributed by atoms with Crippen LogP contribution in [0.15, 0.2) is 54.6 Å². The molecule has 0 aliphatic carbocycles. The summed E-state index contributed by atoms with van der Waals surface area (Å²) in [5, 5.41) is 5.36. The van der Waals surface area contributed by atoms with E-state index in [4.69, 9.17) is 0 Å². The van der Waals surface area contributed by atoms with Crippen LogP contribution in [0.2, 0.25) is 0 Å². The Balaban J connectivity index is 1.88. The first-order valence-corrected chi connectivity index (χ1v) is 7.79. The maximum Gasteiger partial charge on any atom is 0.319 e. The highest BCUT2D eigenvalue weighted by atomic mass is 16.2. The summed E-state index contributed by atoms with van der Waals surface area (Å²) in [4.78, 5) is 35.5. The zero-order valence-electron chi connectivity index (χ0n) is 14.0. The summed E-state index contributed by atoms with van der Waals surface area (Å²) in [6.07, 6.45) is 0. The fourth-order valence-electron chi connectivity index (χ4n) is 1.98. The van der Waals surface area contributed by atoms with E-state index in [-0.39, 0.29) is 12.1 Å². The topological polar surface area (TPSA) is 99.3 Å². The number of hydrazine groups is 1. The van der Waals surface area contributed by atoms with Crippen LogP contribution < -0.4 is 21.5 Å². The molecule has 7 nitrogen and oxygen atoms in total. The third kappa shape index (κ3) is 5.65. The molecule has 130 valence electrons. The Morgan fingerprint density at radius 3 is 1.80 bits per heavy atom. The van der Waals surface area contributed by atoms with E-state index >= 15 is 0 Å². The van der Waals surface area contributed by atoms with Gasteiger partial charge in [-0.15, -0.1) is 0 Å². The molecule has 0 atom stereocenters. The minimum Gasteiger partial charge on any atom is -0.336 e. The lowest BCUT2D eigenvalue weighted by atomic mass is 10.2. The smallest absolute Gasteiger partial charge is 0.319 e. The van der Waals surface area contributed by atoms with Gasteiger partial charge in [0.25, 0.3) is 11.8 Å². The molecule has 7 heteroatoms. The van der Waals surface area contributed by atoms with Crippen LogP contribution in [0.3, 0.4) is 0 Å². The van der Waals surface area contributed by atoms with Crippen molar-refractivity contribution < 1.29 is 14.4 Å². The van der Waals surface area contributed by atoms with E-state index in [0.29, 0.717) is 16.8 Å². The second-order valence-electron chi connectivity index (χ2n) is 5.60. The van der Waals surface area contributed by atoms with Crippen molar-refractivity contribution in [1.29, 1.82) is 0 Å². The van der Waals surface area contributed by atoms with Gasteiger partial charge in [0.1, 0.15) is 0 Å². The maximum atomic E-state index is 12.0. The monoisotopic (exact) mass is 340 g/mol. The number of urea groups is 1. The van der Waals surface area contributed by atoms with Crippen molar-refractivity contribution in [3.05, 3.63) is 65.7 Å². The van der Waals surface area contributed by atoms with E-state index in [0.717, 1.165) is 0 Å². The first kappa shape index (κ1) is 18.0. The van der Waals surface area contributed by atoms with Crippen LogP contribution in [0.25, 0.3) is 0 Å². The Morgan fingerprint density at radius 1 is 0.760 bits per heavy atom. The molecule has 0 aromatic heterocycles. The molecular formula is C18H20N4O3.